The number of hydrogen-bond donors (Lipinski definition) is 1. The zero-order chi connectivity index (χ0) is 28.4. The second-order valence-corrected chi connectivity index (χ2v) is 11.0. The van der Waals surface area contributed by atoms with Gasteiger partial charge in [0.05, 0.1) is 31.0 Å². The average Bonchev–Trinajstić information content (AvgIpc) is 3.52. The van der Waals surface area contributed by atoms with E-state index in [1.165, 1.54) is 18.9 Å². The number of carbonyl (C=O) groups is 1. The van der Waals surface area contributed by atoms with Crippen LogP contribution in [0, 0.1) is 13.8 Å². The number of thiophene rings is 1. The minimum Gasteiger partial charge on any atom is -0.497 e. The summed E-state index contributed by atoms with van der Waals surface area (Å²) in [6.07, 6.45) is 0. The van der Waals surface area contributed by atoms with E-state index < -0.39 is 5.97 Å². The summed E-state index contributed by atoms with van der Waals surface area (Å²) in [7, 11) is 2.91. The third-order valence-electron chi connectivity index (χ3n) is 6.10. The number of H-pyrrole nitrogens is 1. The topological polar surface area (TPSA) is 121 Å². The third-order valence-corrected chi connectivity index (χ3v) is 8.61. The normalized spacial score (nSPS) is 11.1. The molecule has 0 amide bonds. The van der Waals surface area contributed by atoms with Crippen molar-refractivity contribution in [2.75, 3.05) is 14.2 Å². The molecule has 0 aliphatic carbocycles. The number of fused-ring (bicyclic) bond motifs is 1. The smallest absolute Gasteiger partial charge is 0.348 e. The lowest BCUT2D eigenvalue weighted by Crippen LogP contribution is -2.11. The quantitative estimate of drug-likeness (QED) is 0.173. The fourth-order valence-corrected chi connectivity index (χ4v) is 6.10. The third kappa shape index (κ3) is 5.55. The Kier molecular flexibility index (Phi) is 8.10. The van der Waals surface area contributed by atoms with Gasteiger partial charge in [-0.1, -0.05) is 29.4 Å². The summed E-state index contributed by atoms with van der Waals surface area (Å²) < 4.78 is 17.9. The fraction of sp³-hybridized carbons (Fsp3) is 0.222. The van der Waals surface area contributed by atoms with Gasteiger partial charge in [0.1, 0.15) is 33.6 Å². The van der Waals surface area contributed by atoms with E-state index in [1.54, 1.807) is 14.0 Å². The number of halogens is 1. The number of hydrogen-bond acceptors (Lipinski definition) is 10. The summed E-state index contributed by atoms with van der Waals surface area (Å²) in [6, 6.07) is 13.0. The van der Waals surface area contributed by atoms with Crippen LogP contribution in [0.5, 0.6) is 11.5 Å². The Morgan fingerprint density at radius 2 is 1.85 bits per heavy atom. The van der Waals surface area contributed by atoms with Crippen LogP contribution in [0.1, 0.15) is 32.4 Å². The molecular formula is C27H24ClN5O5S2. The number of nitrogens with one attached hydrogen (secondary N) is 1. The Labute approximate surface area is 242 Å². The standard InChI is InChI=1S/C27H24ClN5O5S2/c1-14-5-6-16(11-19(14)28)33-21(12-38-18-9-7-17(36-3)8-10-18)31-32-27(33)39-13-20-29-24(34)22-15(2)23(26(35)37-4)40-25(22)30-20/h5-11H,12-13H2,1-4H3,(H,29,30,34). The molecule has 0 bridgehead atoms. The molecule has 0 unspecified atom stereocenters. The first-order valence-electron chi connectivity index (χ1n) is 12.0. The van der Waals surface area contributed by atoms with E-state index in [0.29, 0.717) is 54.0 Å². The van der Waals surface area contributed by atoms with Gasteiger partial charge in [-0.05, 0) is 61.4 Å². The largest absolute Gasteiger partial charge is 0.497 e. The zero-order valence-corrected chi connectivity index (χ0v) is 24.4. The van der Waals surface area contributed by atoms with Gasteiger partial charge in [-0.3, -0.25) is 9.36 Å². The SMILES string of the molecule is COC(=O)c1sc2nc(CSc3nnc(COc4ccc(OC)cc4)n3-c3ccc(C)c(Cl)c3)[nH]c(=O)c2c1C. The van der Waals surface area contributed by atoms with E-state index in [0.717, 1.165) is 28.3 Å². The van der Waals surface area contributed by atoms with Crippen molar-refractivity contribution in [3.63, 3.8) is 0 Å². The van der Waals surface area contributed by atoms with Crippen molar-refractivity contribution in [2.45, 2.75) is 31.4 Å². The molecule has 206 valence electrons. The highest BCUT2D eigenvalue weighted by Gasteiger charge is 2.21. The number of aryl methyl sites for hydroxylation is 2. The van der Waals surface area contributed by atoms with Crippen LogP contribution in [0.25, 0.3) is 15.9 Å². The number of methoxy groups -OCH3 is 2. The van der Waals surface area contributed by atoms with Crippen molar-refractivity contribution in [3.05, 3.63) is 85.5 Å². The maximum atomic E-state index is 12.9. The van der Waals surface area contributed by atoms with Gasteiger partial charge in [-0.2, -0.15) is 0 Å². The molecule has 1 N–H and O–H groups in total. The van der Waals surface area contributed by atoms with E-state index in [2.05, 4.69) is 20.2 Å². The summed E-state index contributed by atoms with van der Waals surface area (Å²) in [4.78, 5) is 33.2. The van der Waals surface area contributed by atoms with Gasteiger partial charge < -0.3 is 19.2 Å². The number of benzene rings is 2. The minimum atomic E-state index is -0.495. The number of thioether (sulfide) groups is 1. The lowest BCUT2D eigenvalue weighted by atomic mass is 10.2. The fourth-order valence-electron chi connectivity index (χ4n) is 3.96. The van der Waals surface area contributed by atoms with Gasteiger partial charge in [-0.25, -0.2) is 9.78 Å². The number of esters is 1. The second kappa shape index (κ2) is 11.7. The van der Waals surface area contributed by atoms with E-state index in [4.69, 9.17) is 25.8 Å². The van der Waals surface area contributed by atoms with Crippen molar-refractivity contribution >= 4 is 50.9 Å². The Hall–Kier alpha value is -3.87. The Morgan fingerprint density at radius 3 is 2.55 bits per heavy atom. The molecule has 0 fully saturated rings. The molecule has 0 saturated carbocycles. The first-order chi connectivity index (χ1) is 19.3. The first kappa shape index (κ1) is 27.7. The van der Waals surface area contributed by atoms with Crippen LogP contribution in [-0.4, -0.2) is 44.9 Å². The lowest BCUT2D eigenvalue weighted by Gasteiger charge is -2.12. The molecule has 0 aliphatic rings. The monoisotopic (exact) mass is 597 g/mol. The van der Waals surface area contributed by atoms with E-state index in [-0.39, 0.29) is 12.2 Å². The summed E-state index contributed by atoms with van der Waals surface area (Å²) in [5.41, 5.74) is 1.95. The molecule has 10 nitrogen and oxygen atoms in total. The van der Waals surface area contributed by atoms with Crippen molar-refractivity contribution in [2.24, 2.45) is 0 Å². The number of aromatic amines is 1. The van der Waals surface area contributed by atoms with Gasteiger partial charge in [0.25, 0.3) is 5.56 Å². The average molecular weight is 598 g/mol. The van der Waals surface area contributed by atoms with Crippen LogP contribution in [0.2, 0.25) is 5.02 Å². The van der Waals surface area contributed by atoms with E-state index in [9.17, 15) is 9.59 Å². The van der Waals surface area contributed by atoms with Crippen LogP contribution in [0.4, 0.5) is 0 Å². The summed E-state index contributed by atoms with van der Waals surface area (Å²) in [5, 5.41) is 10.3. The Balaban J connectivity index is 1.44. The molecule has 0 saturated heterocycles. The molecule has 0 aliphatic heterocycles. The molecule has 13 heteroatoms. The molecule has 2 aromatic carbocycles. The zero-order valence-electron chi connectivity index (χ0n) is 22.0. The van der Waals surface area contributed by atoms with Crippen LogP contribution in [0.15, 0.2) is 52.4 Å². The van der Waals surface area contributed by atoms with Crippen LogP contribution in [-0.2, 0) is 17.1 Å². The second-order valence-electron chi connectivity index (χ2n) is 8.66. The molecule has 3 aromatic heterocycles. The summed E-state index contributed by atoms with van der Waals surface area (Å²) in [5.74, 6) is 2.18. The number of carbonyl (C=O) groups excluding carboxylic acids is 1. The number of ether oxygens (including phenoxy) is 3. The van der Waals surface area contributed by atoms with Gasteiger partial charge in [0.15, 0.2) is 11.0 Å². The highest BCUT2D eigenvalue weighted by Crippen LogP contribution is 2.30. The predicted molar refractivity (Wildman–Crippen MR) is 154 cm³/mol. The molecule has 40 heavy (non-hydrogen) atoms. The summed E-state index contributed by atoms with van der Waals surface area (Å²) in [6.45, 7) is 3.79. The van der Waals surface area contributed by atoms with E-state index >= 15 is 0 Å². The number of aromatic nitrogens is 5. The number of rotatable bonds is 9. The van der Waals surface area contributed by atoms with Crippen molar-refractivity contribution in [1.29, 1.82) is 0 Å². The van der Waals surface area contributed by atoms with Gasteiger partial charge >= 0.3 is 5.97 Å². The molecule has 0 atom stereocenters. The van der Waals surface area contributed by atoms with Crippen LogP contribution < -0.4 is 15.0 Å². The van der Waals surface area contributed by atoms with Crippen molar-refractivity contribution in [3.8, 4) is 17.2 Å². The highest BCUT2D eigenvalue weighted by atomic mass is 35.5. The van der Waals surface area contributed by atoms with Gasteiger partial charge in [0.2, 0.25) is 0 Å². The molecule has 0 spiro atoms. The molecular weight excluding hydrogens is 574 g/mol. The molecule has 0 radical (unpaired) electrons. The molecule has 5 aromatic rings. The minimum absolute atomic E-state index is 0.150. The van der Waals surface area contributed by atoms with Crippen LogP contribution >= 0.6 is 34.7 Å². The Morgan fingerprint density at radius 1 is 1.10 bits per heavy atom. The first-order valence-corrected chi connectivity index (χ1v) is 14.2. The highest BCUT2D eigenvalue weighted by molar-refractivity contribution is 7.98. The predicted octanol–water partition coefficient (Wildman–Crippen LogP) is 5.50. The number of nitrogens with zero attached hydrogens (tertiary/aromatic N) is 4. The maximum Gasteiger partial charge on any atom is 0.348 e. The van der Waals surface area contributed by atoms with E-state index in [1.807, 2.05) is 54.0 Å². The summed E-state index contributed by atoms with van der Waals surface area (Å²) >= 11 is 8.92. The molecule has 5 rings (SSSR count). The van der Waals surface area contributed by atoms with Crippen LogP contribution in [0.3, 0.4) is 0 Å². The Bertz CT molecular complexity index is 1760. The van der Waals surface area contributed by atoms with Gasteiger partial charge in [-0.15, -0.1) is 21.5 Å². The van der Waals surface area contributed by atoms with Gasteiger partial charge in [0, 0.05) is 5.02 Å². The van der Waals surface area contributed by atoms with Crippen molar-refractivity contribution < 1.29 is 19.0 Å². The van der Waals surface area contributed by atoms with Crippen molar-refractivity contribution in [1.82, 2.24) is 24.7 Å². The maximum absolute atomic E-state index is 12.9. The lowest BCUT2D eigenvalue weighted by molar-refractivity contribution is 0.0605. The molecule has 3 heterocycles.